The van der Waals surface area contributed by atoms with Crippen LogP contribution in [0.4, 0.5) is 0 Å². The standard InChI is InChI=1S/C12H12BrNO/c1-9-5-7-15-12(9)11(13)8-10-4-2-3-6-14-10/h2-7,11H,8H2,1H3. The molecule has 0 aromatic carbocycles. The van der Waals surface area contributed by atoms with E-state index in [-0.39, 0.29) is 4.83 Å². The van der Waals surface area contributed by atoms with Gasteiger partial charge in [0.1, 0.15) is 5.76 Å². The molecule has 2 aromatic heterocycles. The fourth-order valence-corrected chi connectivity index (χ4v) is 2.30. The minimum absolute atomic E-state index is 0.197. The van der Waals surface area contributed by atoms with Crippen molar-refractivity contribution in [1.82, 2.24) is 4.98 Å². The number of nitrogens with zero attached hydrogens (tertiary/aromatic N) is 1. The summed E-state index contributed by atoms with van der Waals surface area (Å²) in [7, 11) is 0. The van der Waals surface area contributed by atoms with Crippen LogP contribution in [0.25, 0.3) is 0 Å². The molecule has 0 bridgehead atoms. The summed E-state index contributed by atoms with van der Waals surface area (Å²) in [6.07, 6.45) is 4.37. The van der Waals surface area contributed by atoms with Crippen molar-refractivity contribution >= 4 is 15.9 Å². The Balaban J connectivity index is 2.11. The van der Waals surface area contributed by atoms with Crippen LogP contribution in [-0.2, 0) is 6.42 Å². The third-order valence-corrected chi connectivity index (χ3v) is 3.04. The van der Waals surface area contributed by atoms with Crippen molar-refractivity contribution in [3.05, 3.63) is 53.7 Å². The molecule has 2 rings (SSSR count). The van der Waals surface area contributed by atoms with Crippen molar-refractivity contribution in [3.8, 4) is 0 Å². The van der Waals surface area contributed by atoms with Crippen molar-refractivity contribution in [3.63, 3.8) is 0 Å². The minimum atomic E-state index is 0.197. The maximum Gasteiger partial charge on any atom is 0.120 e. The highest BCUT2D eigenvalue weighted by atomic mass is 79.9. The van der Waals surface area contributed by atoms with Gasteiger partial charge in [0.05, 0.1) is 11.1 Å². The average molecular weight is 266 g/mol. The molecule has 0 radical (unpaired) electrons. The van der Waals surface area contributed by atoms with E-state index in [1.54, 1.807) is 6.26 Å². The second-order valence-electron chi connectivity index (χ2n) is 3.46. The van der Waals surface area contributed by atoms with E-state index in [2.05, 4.69) is 20.9 Å². The number of rotatable bonds is 3. The summed E-state index contributed by atoms with van der Waals surface area (Å²) in [5.41, 5.74) is 2.24. The van der Waals surface area contributed by atoms with Crippen LogP contribution in [0.5, 0.6) is 0 Å². The molecule has 1 atom stereocenters. The number of pyridine rings is 1. The third-order valence-electron chi connectivity index (χ3n) is 2.30. The third kappa shape index (κ3) is 2.48. The lowest BCUT2D eigenvalue weighted by Crippen LogP contribution is -1.97. The molecule has 0 aliphatic carbocycles. The Labute approximate surface area is 97.5 Å². The van der Waals surface area contributed by atoms with Gasteiger partial charge in [-0.25, -0.2) is 0 Å². The molecule has 0 spiro atoms. The lowest BCUT2D eigenvalue weighted by molar-refractivity contribution is 0.503. The van der Waals surface area contributed by atoms with Crippen LogP contribution in [0.15, 0.2) is 41.1 Å². The fourth-order valence-electron chi connectivity index (χ4n) is 1.50. The first-order valence-electron chi connectivity index (χ1n) is 4.85. The van der Waals surface area contributed by atoms with Crippen molar-refractivity contribution in [1.29, 1.82) is 0 Å². The predicted octanol–water partition coefficient (Wildman–Crippen LogP) is 3.66. The van der Waals surface area contributed by atoms with Gasteiger partial charge in [0, 0.05) is 18.3 Å². The fraction of sp³-hybridized carbons (Fsp3) is 0.250. The SMILES string of the molecule is Cc1ccoc1C(Br)Cc1ccccn1. The Hall–Kier alpha value is -1.09. The van der Waals surface area contributed by atoms with E-state index in [1.165, 1.54) is 5.56 Å². The van der Waals surface area contributed by atoms with Gasteiger partial charge in [0.2, 0.25) is 0 Å². The van der Waals surface area contributed by atoms with Gasteiger partial charge in [0.15, 0.2) is 0 Å². The van der Waals surface area contributed by atoms with E-state index in [0.717, 1.165) is 17.9 Å². The van der Waals surface area contributed by atoms with E-state index in [0.29, 0.717) is 0 Å². The zero-order chi connectivity index (χ0) is 10.7. The Bertz CT molecular complexity index is 424. The largest absolute Gasteiger partial charge is 0.468 e. The number of halogens is 1. The summed E-state index contributed by atoms with van der Waals surface area (Å²) in [5, 5.41) is 0. The van der Waals surface area contributed by atoms with E-state index >= 15 is 0 Å². The number of furan rings is 1. The summed E-state index contributed by atoms with van der Waals surface area (Å²) >= 11 is 3.62. The average Bonchev–Trinajstić information content (AvgIpc) is 2.66. The molecule has 2 heterocycles. The Kier molecular flexibility index (Phi) is 3.21. The summed E-state index contributed by atoms with van der Waals surface area (Å²) < 4.78 is 5.42. The topological polar surface area (TPSA) is 26.0 Å². The first kappa shape index (κ1) is 10.4. The zero-order valence-electron chi connectivity index (χ0n) is 8.48. The van der Waals surface area contributed by atoms with Crippen LogP contribution < -0.4 is 0 Å². The second kappa shape index (κ2) is 4.62. The van der Waals surface area contributed by atoms with Gasteiger partial charge in [-0.15, -0.1) is 0 Å². The maximum atomic E-state index is 5.42. The molecule has 0 saturated heterocycles. The van der Waals surface area contributed by atoms with Gasteiger partial charge in [-0.05, 0) is 30.7 Å². The number of alkyl halides is 1. The molecule has 0 aliphatic rings. The summed E-state index contributed by atoms with van der Waals surface area (Å²) in [4.78, 5) is 4.48. The van der Waals surface area contributed by atoms with Crippen molar-refractivity contribution in [2.75, 3.05) is 0 Å². The first-order valence-corrected chi connectivity index (χ1v) is 5.77. The molecule has 1 unspecified atom stereocenters. The quantitative estimate of drug-likeness (QED) is 0.792. The van der Waals surface area contributed by atoms with Gasteiger partial charge in [-0.3, -0.25) is 4.98 Å². The van der Waals surface area contributed by atoms with Crippen molar-refractivity contribution < 1.29 is 4.42 Å². The second-order valence-corrected chi connectivity index (χ2v) is 4.57. The molecule has 15 heavy (non-hydrogen) atoms. The molecule has 0 fully saturated rings. The van der Waals surface area contributed by atoms with Gasteiger partial charge in [-0.2, -0.15) is 0 Å². The molecule has 2 aromatic rings. The summed E-state index contributed by atoms with van der Waals surface area (Å²) in [6.45, 7) is 2.05. The van der Waals surface area contributed by atoms with E-state index in [9.17, 15) is 0 Å². The molecule has 0 amide bonds. The molecular weight excluding hydrogens is 254 g/mol. The molecule has 3 heteroatoms. The highest BCUT2D eigenvalue weighted by molar-refractivity contribution is 9.09. The highest BCUT2D eigenvalue weighted by Crippen LogP contribution is 2.29. The van der Waals surface area contributed by atoms with Gasteiger partial charge >= 0.3 is 0 Å². The van der Waals surface area contributed by atoms with Gasteiger partial charge in [-0.1, -0.05) is 22.0 Å². The Morgan fingerprint density at radius 3 is 2.87 bits per heavy atom. The lowest BCUT2D eigenvalue weighted by Gasteiger charge is -2.07. The van der Waals surface area contributed by atoms with Crippen LogP contribution in [0.1, 0.15) is 21.8 Å². The van der Waals surface area contributed by atoms with Crippen molar-refractivity contribution in [2.45, 2.75) is 18.2 Å². The predicted molar refractivity (Wildman–Crippen MR) is 63.1 cm³/mol. The monoisotopic (exact) mass is 265 g/mol. The summed E-state index contributed by atoms with van der Waals surface area (Å²) in [6, 6.07) is 7.91. The smallest absolute Gasteiger partial charge is 0.120 e. The Morgan fingerprint density at radius 2 is 2.27 bits per heavy atom. The number of aryl methyl sites for hydroxylation is 1. The van der Waals surface area contributed by atoms with Crippen LogP contribution in [0.2, 0.25) is 0 Å². The molecule has 78 valence electrons. The van der Waals surface area contributed by atoms with Crippen LogP contribution in [0, 0.1) is 6.92 Å². The molecular formula is C12H12BrNO. The highest BCUT2D eigenvalue weighted by Gasteiger charge is 2.14. The minimum Gasteiger partial charge on any atom is -0.468 e. The number of hydrogen-bond donors (Lipinski definition) is 0. The molecule has 0 aliphatic heterocycles. The Morgan fingerprint density at radius 1 is 1.40 bits per heavy atom. The zero-order valence-corrected chi connectivity index (χ0v) is 10.1. The van der Waals surface area contributed by atoms with Crippen LogP contribution in [0.3, 0.4) is 0 Å². The molecule has 2 nitrogen and oxygen atoms in total. The summed E-state index contributed by atoms with van der Waals surface area (Å²) in [5.74, 6) is 0.987. The molecule has 0 N–H and O–H groups in total. The molecule has 0 saturated carbocycles. The van der Waals surface area contributed by atoms with E-state index in [1.807, 2.05) is 37.4 Å². The van der Waals surface area contributed by atoms with Crippen LogP contribution in [-0.4, -0.2) is 4.98 Å². The van der Waals surface area contributed by atoms with Crippen LogP contribution >= 0.6 is 15.9 Å². The lowest BCUT2D eigenvalue weighted by atomic mass is 10.1. The van der Waals surface area contributed by atoms with E-state index < -0.39 is 0 Å². The number of aromatic nitrogens is 1. The normalized spacial score (nSPS) is 12.7. The van der Waals surface area contributed by atoms with E-state index in [4.69, 9.17) is 4.42 Å². The number of hydrogen-bond acceptors (Lipinski definition) is 2. The van der Waals surface area contributed by atoms with Crippen molar-refractivity contribution in [2.24, 2.45) is 0 Å². The van der Waals surface area contributed by atoms with Gasteiger partial charge in [0.25, 0.3) is 0 Å². The maximum absolute atomic E-state index is 5.42. The van der Waals surface area contributed by atoms with Gasteiger partial charge < -0.3 is 4.42 Å². The first-order chi connectivity index (χ1) is 7.27.